The van der Waals surface area contributed by atoms with Crippen LogP contribution >= 0.6 is 0 Å². The van der Waals surface area contributed by atoms with Crippen LogP contribution in [0.15, 0.2) is 47.4 Å². The number of nitrogens with one attached hydrogen (secondary N) is 1. The van der Waals surface area contributed by atoms with E-state index in [4.69, 9.17) is 9.47 Å². The number of anilines is 1. The highest BCUT2D eigenvalue weighted by atomic mass is 32.2. The first-order valence-electron chi connectivity index (χ1n) is 9.14. The van der Waals surface area contributed by atoms with Crippen LogP contribution in [0, 0.1) is 0 Å². The zero-order chi connectivity index (χ0) is 18.0. The molecule has 2 aromatic carbocycles. The molecule has 2 aliphatic rings. The summed E-state index contributed by atoms with van der Waals surface area (Å²) < 4.78 is 38.9. The van der Waals surface area contributed by atoms with E-state index >= 15 is 0 Å². The Morgan fingerprint density at radius 2 is 1.54 bits per heavy atom. The van der Waals surface area contributed by atoms with E-state index in [2.05, 4.69) is 4.72 Å². The molecule has 26 heavy (non-hydrogen) atoms. The molecule has 1 N–H and O–H groups in total. The molecule has 138 valence electrons. The molecule has 1 heterocycles. The first kappa shape index (κ1) is 17.2. The van der Waals surface area contributed by atoms with E-state index in [0.29, 0.717) is 36.3 Å². The van der Waals surface area contributed by atoms with Crippen LogP contribution in [-0.2, 0) is 10.0 Å². The first-order chi connectivity index (χ1) is 12.6. The first-order valence-corrected chi connectivity index (χ1v) is 10.6. The molecule has 5 nitrogen and oxygen atoms in total. The van der Waals surface area contributed by atoms with Gasteiger partial charge >= 0.3 is 0 Å². The van der Waals surface area contributed by atoms with Crippen molar-refractivity contribution in [1.82, 2.24) is 0 Å². The minimum atomic E-state index is -3.63. The second kappa shape index (κ2) is 7.19. The Morgan fingerprint density at radius 1 is 0.846 bits per heavy atom. The summed E-state index contributed by atoms with van der Waals surface area (Å²) in [7, 11) is -3.63. The highest BCUT2D eigenvalue weighted by molar-refractivity contribution is 7.92. The van der Waals surface area contributed by atoms with Crippen molar-refractivity contribution in [3.63, 3.8) is 0 Å². The molecule has 0 radical (unpaired) electrons. The van der Waals surface area contributed by atoms with Crippen LogP contribution in [0.25, 0.3) is 0 Å². The summed E-state index contributed by atoms with van der Waals surface area (Å²) in [5.74, 6) is 1.76. The lowest BCUT2D eigenvalue weighted by Gasteiger charge is -2.22. The third kappa shape index (κ3) is 3.65. The summed E-state index contributed by atoms with van der Waals surface area (Å²) in [4.78, 5) is 0.270. The molecule has 1 saturated carbocycles. The van der Waals surface area contributed by atoms with Gasteiger partial charge < -0.3 is 9.47 Å². The minimum absolute atomic E-state index is 0.270. The molecule has 0 saturated heterocycles. The molecule has 2 aromatic rings. The second-order valence-corrected chi connectivity index (χ2v) is 8.55. The van der Waals surface area contributed by atoms with Crippen molar-refractivity contribution in [3.8, 4) is 11.5 Å². The SMILES string of the molecule is O=S(=O)(Nc1ccc2c(c1)OCCO2)c1ccc(C2CCCCC2)cc1. The molecule has 1 aliphatic heterocycles. The van der Waals surface area contributed by atoms with Gasteiger partial charge in [0.15, 0.2) is 11.5 Å². The molecular weight excluding hydrogens is 350 g/mol. The van der Waals surface area contributed by atoms with Crippen molar-refractivity contribution >= 4 is 15.7 Å². The average molecular weight is 373 g/mol. The van der Waals surface area contributed by atoms with Crippen LogP contribution < -0.4 is 14.2 Å². The molecule has 1 aliphatic carbocycles. The van der Waals surface area contributed by atoms with Crippen molar-refractivity contribution in [2.75, 3.05) is 17.9 Å². The lowest BCUT2D eigenvalue weighted by atomic mass is 9.84. The summed E-state index contributed by atoms with van der Waals surface area (Å²) in [5, 5.41) is 0. The van der Waals surface area contributed by atoms with E-state index in [-0.39, 0.29) is 4.90 Å². The summed E-state index contributed by atoms with van der Waals surface area (Å²) >= 11 is 0. The highest BCUT2D eigenvalue weighted by Gasteiger charge is 2.19. The van der Waals surface area contributed by atoms with Gasteiger partial charge in [-0.1, -0.05) is 31.4 Å². The molecule has 0 amide bonds. The third-order valence-corrected chi connectivity index (χ3v) is 6.46. The fraction of sp³-hybridized carbons (Fsp3) is 0.400. The van der Waals surface area contributed by atoms with Crippen molar-refractivity contribution in [3.05, 3.63) is 48.0 Å². The van der Waals surface area contributed by atoms with Gasteiger partial charge in [-0.05, 0) is 48.6 Å². The zero-order valence-corrected chi connectivity index (χ0v) is 15.4. The largest absolute Gasteiger partial charge is 0.486 e. The Hall–Kier alpha value is -2.21. The molecule has 0 atom stereocenters. The second-order valence-electron chi connectivity index (χ2n) is 6.87. The number of hydrogen-bond donors (Lipinski definition) is 1. The summed E-state index contributed by atoms with van der Waals surface area (Å²) in [5.41, 5.74) is 1.70. The monoisotopic (exact) mass is 373 g/mol. The maximum Gasteiger partial charge on any atom is 0.261 e. The van der Waals surface area contributed by atoms with E-state index in [0.717, 1.165) is 0 Å². The third-order valence-electron chi connectivity index (χ3n) is 5.06. The molecule has 6 heteroatoms. The zero-order valence-electron chi connectivity index (χ0n) is 14.6. The molecule has 0 aromatic heterocycles. The topological polar surface area (TPSA) is 64.6 Å². The number of fused-ring (bicyclic) bond motifs is 1. The Balaban J connectivity index is 1.51. The highest BCUT2D eigenvalue weighted by Crippen LogP contribution is 2.34. The molecular formula is C20H23NO4S. The number of sulfonamides is 1. The van der Waals surface area contributed by atoms with Gasteiger partial charge in [-0.25, -0.2) is 8.42 Å². The van der Waals surface area contributed by atoms with E-state index < -0.39 is 10.0 Å². The van der Waals surface area contributed by atoms with Crippen LogP contribution in [0.2, 0.25) is 0 Å². The van der Waals surface area contributed by atoms with E-state index in [9.17, 15) is 8.42 Å². The van der Waals surface area contributed by atoms with Gasteiger partial charge in [0.05, 0.1) is 10.6 Å². The van der Waals surface area contributed by atoms with E-state index in [1.807, 2.05) is 12.1 Å². The molecule has 0 unspecified atom stereocenters. The van der Waals surface area contributed by atoms with Crippen molar-refractivity contribution in [2.45, 2.75) is 42.9 Å². The number of benzene rings is 2. The predicted octanol–water partition coefficient (Wildman–Crippen LogP) is 4.31. The fourth-order valence-electron chi connectivity index (χ4n) is 3.68. The standard InChI is InChI=1S/C20H23NO4S/c22-26(23,21-17-8-11-19-20(14-17)25-13-12-24-19)18-9-6-16(7-10-18)15-4-2-1-3-5-15/h6-11,14-15,21H,1-5,12-13H2. The van der Waals surface area contributed by atoms with Gasteiger partial charge in [0.1, 0.15) is 13.2 Å². The van der Waals surface area contributed by atoms with E-state index in [1.165, 1.54) is 37.7 Å². The Labute approximate surface area is 154 Å². The van der Waals surface area contributed by atoms with Crippen LogP contribution in [0.5, 0.6) is 11.5 Å². The number of hydrogen-bond acceptors (Lipinski definition) is 4. The van der Waals surface area contributed by atoms with Gasteiger partial charge in [-0.15, -0.1) is 0 Å². The van der Waals surface area contributed by atoms with Gasteiger partial charge in [0.25, 0.3) is 10.0 Å². The lowest BCUT2D eigenvalue weighted by molar-refractivity contribution is 0.171. The van der Waals surface area contributed by atoms with Crippen LogP contribution in [0.3, 0.4) is 0 Å². The Bertz CT molecular complexity index is 871. The molecule has 4 rings (SSSR count). The maximum absolute atomic E-state index is 12.7. The van der Waals surface area contributed by atoms with Gasteiger partial charge in [0.2, 0.25) is 0 Å². The quantitative estimate of drug-likeness (QED) is 0.867. The number of rotatable bonds is 4. The van der Waals surface area contributed by atoms with Crippen molar-refractivity contribution in [1.29, 1.82) is 0 Å². The maximum atomic E-state index is 12.7. The van der Waals surface area contributed by atoms with E-state index in [1.54, 1.807) is 30.3 Å². The summed E-state index contributed by atoms with van der Waals surface area (Å²) in [6.45, 7) is 0.969. The smallest absolute Gasteiger partial charge is 0.261 e. The molecule has 0 bridgehead atoms. The van der Waals surface area contributed by atoms with Crippen molar-refractivity contribution in [2.24, 2.45) is 0 Å². The molecule has 1 fully saturated rings. The Kier molecular flexibility index (Phi) is 4.76. The van der Waals surface area contributed by atoms with Gasteiger partial charge in [0, 0.05) is 6.07 Å². The molecule has 0 spiro atoms. The van der Waals surface area contributed by atoms with Gasteiger partial charge in [-0.3, -0.25) is 4.72 Å². The Morgan fingerprint density at radius 3 is 2.27 bits per heavy atom. The fourth-order valence-corrected chi connectivity index (χ4v) is 4.73. The van der Waals surface area contributed by atoms with Crippen LogP contribution in [0.1, 0.15) is 43.6 Å². The lowest BCUT2D eigenvalue weighted by Crippen LogP contribution is -2.16. The van der Waals surface area contributed by atoms with Crippen LogP contribution in [-0.4, -0.2) is 21.6 Å². The van der Waals surface area contributed by atoms with Crippen LogP contribution in [0.4, 0.5) is 5.69 Å². The summed E-state index contributed by atoms with van der Waals surface area (Å²) in [6.07, 6.45) is 6.22. The van der Waals surface area contributed by atoms with Crippen molar-refractivity contribution < 1.29 is 17.9 Å². The normalized spacial score (nSPS) is 17.7. The summed E-state index contributed by atoms with van der Waals surface area (Å²) in [6, 6.07) is 12.4. The van der Waals surface area contributed by atoms with Gasteiger partial charge in [-0.2, -0.15) is 0 Å². The average Bonchev–Trinajstić information content (AvgIpc) is 2.68. The minimum Gasteiger partial charge on any atom is -0.486 e. The predicted molar refractivity (Wildman–Crippen MR) is 101 cm³/mol. The number of ether oxygens (including phenoxy) is 2.